The standard InChI is InChI=1S/C16H19N5O3/c22-16-12-7-15(21(23)24)14(8-13(12)17-10-18-16)20-6-5-19-4-2-1-3-11(19)9-20/h7-8,10-11H,1-6,9H2,(H,17,18,22). The minimum atomic E-state index is -0.408. The maximum absolute atomic E-state index is 11.9. The number of piperazine rings is 1. The first kappa shape index (κ1) is 15.1. The lowest BCUT2D eigenvalue weighted by Gasteiger charge is -2.44. The Balaban J connectivity index is 1.76. The van der Waals surface area contributed by atoms with E-state index in [1.807, 2.05) is 0 Å². The van der Waals surface area contributed by atoms with Crippen LogP contribution in [0.2, 0.25) is 0 Å². The number of aromatic nitrogens is 2. The Morgan fingerprint density at radius 1 is 1.25 bits per heavy atom. The second-order valence-corrected chi connectivity index (χ2v) is 6.48. The molecule has 2 aliphatic heterocycles. The third-order valence-corrected chi connectivity index (χ3v) is 5.11. The van der Waals surface area contributed by atoms with Crippen molar-refractivity contribution in [2.24, 2.45) is 0 Å². The minimum Gasteiger partial charge on any atom is -0.363 e. The molecule has 126 valence electrons. The lowest BCUT2D eigenvalue weighted by molar-refractivity contribution is -0.384. The van der Waals surface area contributed by atoms with Crippen molar-refractivity contribution in [3.63, 3.8) is 0 Å². The number of nitro groups is 1. The monoisotopic (exact) mass is 329 g/mol. The fraction of sp³-hybridized carbons (Fsp3) is 0.500. The van der Waals surface area contributed by atoms with Gasteiger partial charge in [0.25, 0.3) is 11.2 Å². The van der Waals surface area contributed by atoms with E-state index in [1.54, 1.807) is 6.07 Å². The lowest BCUT2D eigenvalue weighted by atomic mass is 9.99. The number of benzene rings is 1. The van der Waals surface area contributed by atoms with Gasteiger partial charge in [0.1, 0.15) is 5.69 Å². The number of aromatic amines is 1. The van der Waals surface area contributed by atoms with E-state index >= 15 is 0 Å². The van der Waals surface area contributed by atoms with Gasteiger partial charge in [0.15, 0.2) is 0 Å². The van der Waals surface area contributed by atoms with E-state index in [1.165, 1.54) is 25.2 Å². The fourth-order valence-electron chi connectivity index (χ4n) is 3.87. The Morgan fingerprint density at radius 2 is 2.12 bits per heavy atom. The van der Waals surface area contributed by atoms with Gasteiger partial charge < -0.3 is 9.88 Å². The van der Waals surface area contributed by atoms with Gasteiger partial charge in [-0.15, -0.1) is 0 Å². The molecule has 1 unspecified atom stereocenters. The molecule has 8 heteroatoms. The van der Waals surface area contributed by atoms with E-state index in [0.29, 0.717) is 17.2 Å². The Morgan fingerprint density at radius 3 is 2.96 bits per heavy atom. The molecular weight excluding hydrogens is 310 g/mol. The van der Waals surface area contributed by atoms with Crippen LogP contribution in [0.25, 0.3) is 10.9 Å². The quantitative estimate of drug-likeness (QED) is 0.663. The summed E-state index contributed by atoms with van der Waals surface area (Å²) in [7, 11) is 0. The second kappa shape index (κ2) is 5.86. The van der Waals surface area contributed by atoms with E-state index in [4.69, 9.17) is 0 Å². The van der Waals surface area contributed by atoms with E-state index < -0.39 is 4.92 Å². The minimum absolute atomic E-state index is 0.0229. The fourth-order valence-corrected chi connectivity index (χ4v) is 3.87. The lowest BCUT2D eigenvalue weighted by Crippen LogP contribution is -2.55. The van der Waals surface area contributed by atoms with Crippen LogP contribution in [-0.4, -0.2) is 52.0 Å². The molecule has 2 aliphatic rings. The van der Waals surface area contributed by atoms with Crippen molar-refractivity contribution in [3.8, 4) is 0 Å². The summed E-state index contributed by atoms with van der Waals surface area (Å²) in [5, 5.41) is 11.8. The van der Waals surface area contributed by atoms with Crippen molar-refractivity contribution in [2.75, 3.05) is 31.1 Å². The molecule has 3 heterocycles. The highest BCUT2D eigenvalue weighted by Gasteiger charge is 2.32. The van der Waals surface area contributed by atoms with Crippen LogP contribution in [0.4, 0.5) is 11.4 Å². The van der Waals surface area contributed by atoms with Gasteiger partial charge in [-0.1, -0.05) is 6.42 Å². The zero-order chi connectivity index (χ0) is 16.7. The van der Waals surface area contributed by atoms with Crippen LogP contribution in [0.3, 0.4) is 0 Å². The van der Waals surface area contributed by atoms with Gasteiger partial charge in [0.05, 0.1) is 22.2 Å². The molecular formula is C16H19N5O3. The summed E-state index contributed by atoms with van der Waals surface area (Å²) in [5.74, 6) is 0. The van der Waals surface area contributed by atoms with Gasteiger partial charge in [-0.05, 0) is 25.5 Å². The average Bonchev–Trinajstić information content (AvgIpc) is 2.60. The number of nitrogens with zero attached hydrogens (tertiary/aromatic N) is 4. The summed E-state index contributed by atoms with van der Waals surface area (Å²) >= 11 is 0. The predicted octanol–water partition coefficient (Wildman–Crippen LogP) is 1.51. The summed E-state index contributed by atoms with van der Waals surface area (Å²) in [5.41, 5.74) is 0.679. The van der Waals surface area contributed by atoms with Gasteiger partial charge in [0.2, 0.25) is 0 Å². The molecule has 0 amide bonds. The molecule has 1 aromatic carbocycles. The van der Waals surface area contributed by atoms with Crippen LogP contribution in [0, 0.1) is 10.1 Å². The highest BCUT2D eigenvalue weighted by atomic mass is 16.6. The van der Waals surface area contributed by atoms with Crippen LogP contribution in [0.1, 0.15) is 19.3 Å². The Hall–Kier alpha value is -2.48. The largest absolute Gasteiger partial charge is 0.363 e. The highest BCUT2D eigenvalue weighted by Crippen LogP contribution is 2.33. The molecule has 0 aliphatic carbocycles. The predicted molar refractivity (Wildman–Crippen MR) is 90.4 cm³/mol. The number of hydrogen-bond donors (Lipinski definition) is 1. The van der Waals surface area contributed by atoms with Crippen LogP contribution in [-0.2, 0) is 0 Å². The average molecular weight is 329 g/mol. The number of nitro benzene ring substituents is 1. The van der Waals surface area contributed by atoms with Crippen LogP contribution < -0.4 is 10.5 Å². The zero-order valence-electron chi connectivity index (χ0n) is 13.3. The number of hydrogen-bond acceptors (Lipinski definition) is 6. The number of nitrogens with one attached hydrogen (secondary N) is 1. The molecule has 1 N–H and O–H groups in total. The summed E-state index contributed by atoms with van der Waals surface area (Å²) in [6.45, 7) is 3.58. The van der Waals surface area contributed by atoms with Crippen molar-refractivity contribution in [2.45, 2.75) is 25.3 Å². The highest BCUT2D eigenvalue weighted by molar-refractivity contribution is 5.87. The second-order valence-electron chi connectivity index (χ2n) is 6.48. The summed E-state index contributed by atoms with van der Waals surface area (Å²) in [6, 6.07) is 3.49. The molecule has 0 bridgehead atoms. The molecule has 0 spiro atoms. The smallest absolute Gasteiger partial charge is 0.293 e. The van der Waals surface area contributed by atoms with Crippen molar-refractivity contribution in [3.05, 3.63) is 38.9 Å². The number of H-pyrrole nitrogens is 1. The molecule has 1 atom stereocenters. The van der Waals surface area contributed by atoms with Crippen molar-refractivity contribution >= 4 is 22.3 Å². The van der Waals surface area contributed by atoms with Gasteiger partial charge in [-0.2, -0.15) is 0 Å². The van der Waals surface area contributed by atoms with Gasteiger partial charge in [-0.25, -0.2) is 4.98 Å². The maximum Gasteiger partial charge on any atom is 0.293 e. The zero-order valence-corrected chi connectivity index (χ0v) is 13.3. The van der Waals surface area contributed by atoms with Crippen molar-refractivity contribution < 1.29 is 4.92 Å². The number of fused-ring (bicyclic) bond motifs is 2. The number of anilines is 1. The van der Waals surface area contributed by atoms with E-state index in [2.05, 4.69) is 19.8 Å². The maximum atomic E-state index is 11.9. The summed E-state index contributed by atoms with van der Waals surface area (Å²) in [6.07, 6.45) is 4.92. The first-order chi connectivity index (χ1) is 11.6. The van der Waals surface area contributed by atoms with Gasteiger partial charge in [-0.3, -0.25) is 19.8 Å². The van der Waals surface area contributed by atoms with Crippen molar-refractivity contribution in [1.82, 2.24) is 14.9 Å². The van der Waals surface area contributed by atoms with E-state index in [0.717, 1.165) is 32.6 Å². The number of piperidine rings is 1. The first-order valence-electron chi connectivity index (χ1n) is 8.28. The number of rotatable bonds is 2. The third-order valence-electron chi connectivity index (χ3n) is 5.11. The molecule has 2 saturated heterocycles. The molecule has 24 heavy (non-hydrogen) atoms. The molecule has 1 aromatic heterocycles. The Labute approximate surface area is 138 Å². The van der Waals surface area contributed by atoms with Crippen LogP contribution >= 0.6 is 0 Å². The molecule has 4 rings (SSSR count). The Bertz CT molecular complexity index is 849. The van der Waals surface area contributed by atoms with Crippen LogP contribution in [0.15, 0.2) is 23.3 Å². The van der Waals surface area contributed by atoms with Crippen molar-refractivity contribution in [1.29, 1.82) is 0 Å². The first-order valence-corrected chi connectivity index (χ1v) is 8.28. The third kappa shape index (κ3) is 2.52. The molecule has 0 radical (unpaired) electrons. The molecule has 2 aromatic rings. The topological polar surface area (TPSA) is 95.4 Å². The molecule has 2 fully saturated rings. The normalized spacial score (nSPS) is 21.7. The SMILES string of the molecule is O=c1[nH]cnc2cc(N3CCN4CCCCC4C3)c([N+](=O)[O-])cc12. The summed E-state index contributed by atoms with van der Waals surface area (Å²) in [4.78, 5) is 34.2. The van der Waals surface area contributed by atoms with Gasteiger partial charge in [0, 0.05) is 31.7 Å². The summed E-state index contributed by atoms with van der Waals surface area (Å²) < 4.78 is 0. The van der Waals surface area contributed by atoms with E-state index in [9.17, 15) is 14.9 Å². The Kier molecular flexibility index (Phi) is 3.68. The van der Waals surface area contributed by atoms with E-state index in [-0.39, 0.29) is 16.6 Å². The molecule has 0 saturated carbocycles. The van der Waals surface area contributed by atoms with Crippen LogP contribution in [0.5, 0.6) is 0 Å². The van der Waals surface area contributed by atoms with Gasteiger partial charge >= 0.3 is 0 Å². The molecule has 8 nitrogen and oxygen atoms in total.